The second kappa shape index (κ2) is 8.78. The van der Waals surface area contributed by atoms with Crippen LogP contribution in [0.3, 0.4) is 0 Å². The van der Waals surface area contributed by atoms with Crippen molar-refractivity contribution in [3.05, 3.63) is 30.1 Å². The van der Waals surface area contributed by atoms with Crippen LogP contribution in [-0.4, -0.2) is 76.8 Å². The van der Waals surface area contributed by atoms with Gasteiger partial charge >= 0.3 is 6.18 Å². The number of rotatable bonds is 5. The van der Waals surface area contributed by atoms with E-state index in [-0.39, 0.29) is 35.4 Å². The molecule has 3 rings (SSSR count). The lowest BCUT2D eigenvalue weighted by Crippen LogP contribution is -2.57. The van der Waals surface area contributed by atoms with Crippen LogP contribution in [0.1, 0.15) is 5.56 Å². The molecule has 1 aliphatic heterocycles. The number of aliphatic hydroxyl groups is 2. The Bertz CT molecular complexity index is 965. The summed E-state index contributed by atoms with van der Waals surface area (Å²) in [5.74, 6) is -0.856. The highest BCUT2D eigenvalue weighted by atomic mass is 19.4. The summed E-state index contributed by atoms with van der Waals surface area (Å²) in [6.07, 6.45) is -6.98. The molecule has 1 saturated heterocycles. The first-order valence-electron chi connectivity index (χ1n) is 8.92. The van der Waals surface area contributed by atoms with Gasteiger partial charge in [-0.05, 0) is 12.1 Å². The van der Waals surface area contributed by atoms with Gasteiger partial charge in [-0.25, -0.2) is 0 Å². The minimum Gasteiger partial charge on any atom is -0.394 e. The van der Waals surface area contributed by atoms with E-state index in [2.05, 4.69) is 15.3 Å². The molecule has 1 aromatic carbocycles. The highest BCUT2D eigenvalue weighted by Gasteiger charge is 2.47. The van der Waals surface area contributed by atoms with Crippen molar-refractivity contribution in [3.63, 3.8) is 0 Å². The van der Waals surface area contributed by atoms with Crippen molar-refractivity contribution in [3.8, 4) is 6.07 Å². The van der Waals surface area contributed by atoms with Crippen molar-refractivity contribution in [1.29, 1.82) is 5.26 Å². The Kier molecular flexibility index (Phi) is 6.35. The number of carbonyl (C=O) groups is 1. The van der Waals surface area contributed by atoms with Gasteiger partial charge in [0.25, 0.3) is 5.91 Å². The fraction of sp³-hybridized carbons (Fsp3) is 0.444. The van der Waals surface area contributed by atoms with Crippen LogP contribution in [0.4, 0.5) is 18.9 Å². The zero-order valence-corrected chi connectivity index (χ0v) is 15.5. The minimum atomic E-state index is -4.73. The molecule has 0 aliphatic carbocycles. The van der Waals surface area contributed by atoms with Gasteiger partial charge in [0.1, 0.15) is 17.1 Å². The number of hydrogen-bond acceptors (Lipinski definition) is 8. The molecule has 0 bridgehead atoms. The number of nitriles is 1. The van der Waals surface area contributed by atoms with Crippen LogP contribution >= 0.6 is 0 Å². The normalized spacial score (nSPS) is 20.6. The number of benzene rings is 1. The number of nitrogens with zero attached hydrogens (tertiary/aromatic N) is 4. The molecule has 1 aromatic heterocycles. The summed E-state index contributed by atoms with van der Waals surface area (Å²) in [4.78, 5) is 21.9. The predicted octanol–water partition coefficient (Wildman–Crippen LogP) is 0.107. The SMILES string of the molecule is N#Cc1ccc(N2C[C@@H](C(=O)NC[C@H](O)CO)O[C@@H](C(F)(F)F)C2)c2nccnc12. The van der Waals surface area contributed by atoms with Gasteiger partial charge in [0, 0.05) is 18.9 Å². The molecular formula is C18H18F3N5O4. The summed E-state index contributed by atoms with van der Waals surface area (Å²) in [7, 11) is 0. The Morgan fingerprint density at radius 1 is 1.33 bits per heavy atom. The maximum absolute atomic E-state index is 13.4. The van der Waals surface area contributed by atoms with E-state index in [9.17, 15) is 28.3 Å². The van der Waals surface area contributed by atoms with Gasteiger partial charge in [0.15, 0.2) is 12.2 Å². The quantitative estimate of drug-likeness (QED) is 0.615. The number of nitrogens with one attached hydrogen (secondary N) is 1. The zero-order valence-electron chi connectivity index (χ0n) is 15.5. The highest BCUT2D eigenvalue weighted by Crippen LogP contribution is 2.33. The number of ether oxygens (including phenoxy) is 1. The van der Waals surface area contributed by atoms with Crippen molar-refractivity contribution < 1.29 is 32.9 Å². The van der Waals surface area contributed by atoms with Crippen LogP contribution in [0.2, 0.25) is 0 Å². The van der Waals surface area contributed by atoms with Gasteiger partial charge < -0.3 is 25.2 Å². The number of alkyl halides is 3. The van der Waals surface area contributed by atoms with Crippen LogP contribution in [0, 0.1) is 11.3 Å². The molecule has 0 radical (unpaired) electrons. The number of fused-ring (bicyclic) bond motifs is 1. The second-order valence-electron chi connectivity index (χ2n) is 6.64. The number of amides is 1. The number of anilines is 1. The molecule has 2 aromatic rings. The predicted molar refractivity (Wildman–Crippen MR) is 97.3 cm³/mol. The standard InChI is InChI=1S/C18H18F3N5O4/c19-18(20,21)14-8-26(7-13(30-14)17(29)25-6-11(28)9-27)12-2-1-10(5-22)15-16(12)24-4-3-23-15/h1-4,11,13-14,27-28H,6-9H2,(H,25,29)/t11-,13-,14+/m0/s1. The third-order valence-electron chi connectivity index (χ3n) is 4.55. The number of aromatic nitrogens is 2. The van der Waals surface area contributed by atoms with Crippen LogP contribution in [-0.2, 0) is 9.53 Å². The van der Waals surface area contributed by atoms with Crippen molar-refractivity contribution in [2.45, 2.75) is 24.5 Å². The number of halogens is 3. The van der Waals surface area contributed by atoms with Crippen molar-refractivity contribution >= 4 is 22.6 Å². The molecule has 2 heterocycles. The number of carbonyl (C=O) groups excluding carboxylic acids is 1. The average molecular weight is 425 g/mol. The molecule has 12 heteroatoms. The lowest BCUT2D eigenvalue weighted by atomic mass is 10.1. The lowest BCUT2D eigenvalue weighted by molar-refractivity contribution is -0.234. The summed E-state index contributed by atoms with van der Waals surface area (Å²) in [6.45, 7) is -1.74. The fourth-order valence-corrected chi connectivity index (χ4v) is 3.07. The molecule has 1 amide bonds. The maximum Gasteiger partial charge on any atom is 0.416 e. The summed E-state index contributed by atoms with van der Waals surface area (Å²) in [6, 6.07) is 4.84. The number of aliphatic hydroxyl groups excluding tert-OH is 2. The van der Waals surface area contributed by atoms with E-state index in [1.807, 2.05) is 6.07 Å². The van der Waals surface area contributed by atoms with Crippen LogP contribution in [0.5, 0.6) is 0 Å². The van der Waals surface area contributed by atoms with Gasteiger partial charge in [0.2, 0.25) is 0 Å². The Hall–Kier alpha value is -3.01. The van der Waals surface area contributed by atoms with E-state index in [0.29, 0.717) is 0 Å². The fourth-order valence-electron chi connectivity index (χ4n) is 3.07. The Balaban J connectivity index is 1.93. The number of hydrogen-bond donors (Lipinski definition) is 3. The highest BCUT2D eigenvalue weighted by molar-refractivity contribution is 5.92. The monoisotopic (exact) mass is 425 g/mol. The Morgan fingerprint density at radius 3 is 2.67 bits per heavy atom. The van der Waals surface area contributed by atoms with Crippen molar-refractivity contribution in [2.24, 2.45) is 0 Å². The van der Waals surface area contributed by atoms with Crippen LogP contribution in [0.25, 0.3) is 11.0 Å². The molecule has 1 fully saturated rings. The minimum absolute atomic E-state index is 0.217. The zero-order chi connectivity index (χ0) is 21.9. The summed E-state index contributed by atoms with van der Waals surface area (Å²) in [5.41, 5.74) is 0.964. The van der Waals surface area contributed by atoms with Crippen LogP contribution in [0.15, 0.2) is 24.5 Å². The molecule has 3 atom stereocenters. The van der Waals surface area contributed by atoms with Gasteiger partial charge in [0.05, 0.1) is 37.1 Å². The van der Waals surface area contributed by atoms with Gasteiger partial charge in [-0.3, -0.25) is 14.8 Å². The third-order valence-corrected chi connectivity index (χ3v) is 4.55. The van der Waals surface area contributed by atoms with Gasteiger partial charge in [-0.15, -0.1) is 0 Å². The topological polar surface area (TPSA) is 132 Å². The van der Waals surface area contributed by atoms with E-state index in [4.69, 9.17) is 9.84 Å². The van der Waals surface area contributed by atoms with Crippen molar-refractivity contribution in [2.75, 3.05) is 31.1 Å². The summed E-state index contributed by atoms with van der Waals surface area (Å²) in [5, 5.41) is 29.7. The van der Waals surface area contributed by atoms with E-state index in [1.54, 1.807) is 0 Å². The molecule has 9 nitrogen and oxygen atoms in total. The van der Waals surface area contributed by atoms with Crippen LogP contribution < -0.4 is 10.2 Å². The average Bonchev–Trinajstić information content (AvgIpc) is 2.75. The molecule has 30 heavy (non-hydrogen) atoms. The molecule has 0 unspecified atom stereocenters. The molecule has 3 N–H and O–H groups in total. The first-order valence-corrected chi connectivity index (χ1v) is 8.92. The lowest BCUT2D eigenvalue weighted by Gasteiger charge is -2.39. The van der Waals surface area contributed by atoms with E-state index < -0.39 is 43.5 Å². The molecule has 0 spiro atoms. The third kappa shape index (κ3) is 4.59. The van der Waals surface area contributed by atoms with Crippen molar-refractivity contribution in [1.82, 2.24) is 15.3 Å². The number of morpholine rings is 1. The Labute approximate surface area is 168 Å². The molecule has 160 valence electrons. The van der Waals surface area contributed by atoms with E-state index >= 15 is 0 Å². The summed E-state index contributed by atoms with van der Waals surface area (Å²) < 4.78 is 45.3. The summed E-state index contributed by atoms with van der Waals surface area (Å²) >= 11 is 0. The first kappa shape index (κ1) is 21.7. The van der Waals surface area contributed by atoms with E-state index in [1.165, 1.54) is 29.4 Å². The van der Waals surface area contributed by atoms with E-state index in [0.717, 1.165) is 0 Å². The van der Waals surface area contributed by atoms with Gasteiger partial charge in [-0.2, -0.15) is 18.4 Å². The molecular weight excluding hydrogens is 407 g/mol. The second-order valence-corrected chi connectivity index (χ2v) is 6.64. The first-order chi connectivity index (χ1) is 14.2. The molecule has 0 saturated carbocycles. The van der Waals surface area contributed by atoms with Gasteiger partial charge in [-0.1, -0.05) is 0 Å². The maximum atomic E-state index is 13.4. The smallest absolute Gasteiger partial charge is 0.394 e. The molecule has 1 aliphatic rings. The Morgan fingerprint density at radius 2 is 2.03 bits per heavy atom. The largest absolute Gasteiger partial charge is 0.416 e.